The highest BCUT2D eigenvalue weighted by atomic mass is 16.5. The maximum atomic E-state index is 5.71. The zero-order chi connectivity index (χ0) is 13.8. The summed E-state index contributed by atoms with van der Waals surface area (Å²) in [6.07, 6.45) is 9.79. The number of pyridine rings is 1. The molecule has 2 aromatic heterocycles. The van der Waals surface area contributed by atoms with Crippen molar-refractivity contribution >= 4 is 16.7 Å². The van der Waals surface area contributed by atoms with Crippen molar-refractivity contribution in [3.8, 4) is 5.88 Å². The van der Waals surface area contributed by atoms with Crippen LogP contribution >= 0.6 is 0 Å². The number of nitrogens with zero attached hydrogens (tertiary/aromatic N) is 2. The van der Waals surface area contributed by atoms with Gasteiger partial charge in [-0.3, -0.25) is 0 Å². The van der Waals surface area contributed by atoms with E-state index in [0.29, 0.717) is 0 Å². The lowest BCUT2D eigenvalue weighted by Gasteiger charge is -2.24. The van der Waals surface area contributed by atoms with Crippen LogP contribution in [0.5, 0.6) is 5.88 Å². The van der Waals surface area contributed by atoms with E-state index >= 15 is 0 Å². The fourth-order valence-corrected chi connectivity index (χ4v) is 2.47. The van der Waals surface area contributed by atoms with Crippen LogP contribution in [-0.4, -0.2) is 29.7 Å². The van der Waals surface area contributed by atoms with Crippen molar-refractivity contribution in [2.45, 2.75) is 26.2 Å². The normalized spacial score (nSPS) is 14.9. The van der Waals surface area contributed by atoms with Gasteiger partial charge in [0.1, 0.15) is 5.52 Å². The topological polar surface area (TPSA) is 41.1 Å². The minimum Gasteiger partial charge on any atom is -0.478 e. The van der Waals surface area contributed by atoms with Crippen LogP contribution in [0.15, 0.2) is 30.5 Å². The van der Waals surface area contributed by atoms with Gasteiger partial charge in [-0.05, 0) is 18.9 Å². The van der Waals surface area contributed by atoms with E-state index in [-0.39, 0.29) is 0 Å². The highest BCUT2D eigenvalue weighted by Crippen LogP contribution is 2.28. The molecular weight excluding hydrogens is 250 g/mol. The summed E-state index contributed by atoms with van der Waals surface area (Å²) in [5, 5.41) is 0. The predicted molar refractivity (Wildman–Crippen MR) is 82.5 cm³/mol. The average molecular weight is 271 g/mol. The van der Waals surface area contributed by atoms with Gasteiger partial charge in [0.15, 0.2) is 0 Å². The Hall–Kier alpha value is -1.97. The number of aromatic amines is 1. The first kappa shape index (κ1) is 13.0. The smallest absolute Gasteiger partial charge is 0.213 e. The van der Waals surface area contributed by atoms with Crippen molar-refractivity contribution < 1.29 is 4.74 Å². The monoisotopic (exact) mass is 271 g/mol. The molecule has 20 heavy (non-hydrogen) atoms. The summed E-state index contributed by atoms with van der Waals surface area (Å²) in [5.74, 6) is 0.722. The second kappa shape index (κ2) is 5.99. The van der Waals surface area contributed by atoms with Gasteiger partial charge in [-0.1, -0.05) is 25.5 Å². The number of H-pyrrole nitrogens is 1. The molecule has 0 aliphatic carbocycles. The van der Waals surface area contributed by atoms with Crippen molar-refractivity contribution in [3.05, 3.63) is 30.5 Å². The molecule has 1 aliphatic rings. The first-order valence-electron chi connectivity index (χ1n) is 7.39. The number of aromatic nitrogens is 2. The van der Waals surface area contributed by atoms with Crippen molar-refractivity contribution in [3.63, 3.8) is 0 Å². The zero-order valence-electron chi connectivity index (χ0n) is 11.9. The Morgan fingerprint density at radius 1 is 1.35 bits per heavy atom. The Labute approximate surface area is 119 Å². The second-order valence-corrected chi connectivity index (χ2v) is 5.13. The van der Waals surface area contributed by atoms with Gasteiger partial charge in [0, 0.05) is 25.4 Å². The Kier molecular flexibility index (Phi) is 3.90. The third-order valence-corrected chi connectivity index (χ3v) is 3.62. The fourth-order valence-electron chi connectivity index (χ4n) is 2.47. The van der Waals surface area contributed by atoms with Crippen molar-refractivity contribution in [1.82, 2.24) is 9.97 Å². The molecule has 4 heteroatoms. The van der Waals surface area contributed by atoms with Gasteiger partial charge in [-0.2, -0.15) is 0 Å². The number of hydrogen-bond acceptors (Lipinski definition) is 3. The summed E-state index contributed by atoms with van der Waals surface area (Å²) in [6, 6.07) is 3.99. The third kappa shape index (κ3) is 2.64. The number of fused-ring (bicyclic) bond motifs is 1. The van der Waals surface area contributed by atoms with Crippen LogP contribution in [0.1, 0.15) is 26.2 Å². The first-order chi connectivity index (χ1) is 9.88. The van der Waals surface area contributed by atoms with Crippen LogP contribution in [0.2, 0.25) is 0 Å². The van der Waals surface area contributed by atoms with Gasteiger partial charge in [-0.25, -0.2) is 4.98 Å². The molecule has 0 atom stereocenters. The molecule has 0 fully saturated rings. The van der Waals surface area contributed by atoms with Crippen LogP contribution in [0.3, 0.4) is 0 Å². The van der Waals surface area contributed by atoms with Gasteiger partial charge in [0.25, 0.3) is 0 Å². The summed E-state index contributed by atoms with van der Waals surface area (Å²) in [4.78, 5) is 10.3. The SMILES string of the molecule is CCCCOc1ccc2[nH]cc(N3CC=CCC3)c2n1. The molecule has 0 saturated heterocycles. The molecule has 3 rings (SSSR count). The lowest BCUT2D eigenvalue weighted by atomic mass is 10.2. The van der Waals surface area contributed by atoms with Crippen LogP contribution in [0.25, 0.3) is 11.0 Å². The first-order valence-corrected chi connectivity index (χ1v) is 7.39. The van der Waals surface area contributed by atoms with Crippen LogP contribution in [0, 0.1) is 0 Å². The molecular formula is C16H21N3O. The maximum Gasteiger partial charge on any atom is 0.213 e. The standard InChI is InChI=1S/C16H21N3O/c1-2-3-11-20-15-8-7-13-16(18-15)14(12-17-13)19-9-5-4-6-10-19/h4-5,7-8,12,17H,2-3,6,9-11H2,1H3. The summed E-state index contributed by atoms with van der Waals surface area (Å²) in [7, 11) is 0. The number of unbranched alkanes of at least 4 members (excludes halogenated alkanes) is 1. The molecule has 3 heterocycles. The van der Waals surface area contributed by atoms with Gasteiger partial charge < -0.3 is 14.6 Å². The molecule has 0 bridgehead atoms. The molecule has 0 saturated carbocycles. The molecule has 0 aromatic carbocycles. The van der Waals surface area contributed by atoms with Crippen molar-refractivity contribution in [1.29, 1.82) is 0 Å². The van der Waals surface area contributed by atoms with Gasteiger partial charge in [-0.15, -0.1) is 0 Å². The lowest BCUT2D eigenvalue weighted by molar-refractivity contribution is 0.299. The quantitative estimate of drug-likeness (QED) is 0.668. The van der Waals surface area contributed by atoms with E-state index in [1.807, 2.05) is 18.3 Å². The van der Waals surface area contributed by atoms with E-state index in [0.717, 1.165) is 55.9 Å². The second-order valence-electron chi connectivity index (χ2n) is 5.13. The minimum atomic E-state index is 0.722. The highest BCUT2D eigenvalue weighted by molar-refractivity contribution is 5.89. The molecule has 106 valence electrons. The van der Waals surface area contributed by atoms with E-state index in [1.54, 1.807) is 0 Å². The van der Waals surface area contributed by atoms with Gasteiger partial charge >= 0.3 is 0 Å². The van der Waals surface area contributed by atoms with E-state index in [2.05, 4.69) is 33.9 Å². The Morgan fingerprint density at radius 2 is 2.30 bits per heavy atom. The van der Waals surface area contributed by atoms with Crippen molar-refractivity contribution in [2.24, 2.45) is 0 Å². The van der Waals surface area contributed by atoms with E-state index in [1.165, 1.54) is 5.69 Å². The summed E-state index contributed by atoms with van der Waals surface area (Å²) in [5.41, 5.74) is 3.25. The minimum absolute atomic E-state index is 0.722. The molecule has 1 N–H and O–H groups in total. The molecule has 4 nitrogen and oxygen atoms in total. The number of anilines is 1. The number of hydrogen-bond donors (Lipinski definition) is 1. The maximum absolute atomic E-state index is 5.71. The lowest BCUT2D eigenvalue weighted by Crippen LogP contribution is -2.26. The molecule has 1 aliphatic heterocycles. The van der Waals surface area contributed by atoms with E-state index < -0.39 is 0 Å². The Morgan fingerprint density at radius 3 is 3.10 bits per heavy atom. The number of nitrogens with one attached hydrogen (secondary N) is 1. The summed E-state index contributed by atoms with van der Waals surface area (Å²) < 4.78 is 5.71. The van der Waals surface area contributed by atoms with Crippen LogP contribution < -0.4 is 9.64 Å². The predicted octanol–water partition coefficient (Wildman–Crippen LogP) is 3.51. The zero-order valence-corrected chi connectivity index (χ0v) is 11.9. The molecule has 2 aromatic rings. The fraction of sp³-hybridized carbons (Fsp3) is 0.438. The van der Waals surface area contributed by atoms with Gasteiger partial charge in [0.05, 0.1) is 17.8 Å². The van der Waals surface area contributed by atoms with Crippen LogP contribution in [0.4, 0.5) is 5.69 Å². The molecule has 0 amide bonds. The largest absolute Gasteiger partial charge is 0.478 e. The summed E-state index contributed by atoms with van der Waals surface area (Å²) >= 11 is 0. The molecule has 0 spiro atoms. The number of rotatable bonds is 5. The van der Waals surface area contributed by atoms with Crippen molar-refractivity contribution in [2.75, 3.05) is 24.6 Å². The molecule has 0 radical (unpaired) electrons. The third-order valence-electron chi connectivity index (χ3n) is 3.62. The Balaban J connectivity index is 1.85. The van der Waals surface area contributed by atoms with E-state index in [4.69, 9.17) is 4.74 Å². The Bertz CT molecular complexity index is 603. The van der Waals surface area contributed by atoms with Crippen LogP contribution in [-0.2, 0) is 0 Å². The molecule has 0 unspecified atom stereocenters. The average Bonchev–Trinajstić information content (AvgIpc) is 2.91. The highest BCUT2D eigenvalue weighted by Gasteiger charge is 2.14. The van der Waals surface area contributed by atoms with Gasteiger partial charge in [0.2, 0.25) is 5.88 Å². The summed E-state index contributed by atoms with van der Waals surface area (Å²) in [6.45, 7) is 4.90. The van der Waals surface area contributed by atoms with E-state index in [9.17, 15) is 0 Å². The number of ether oxygens (including phenoxy) is 1.